The standard InChI is InChI=1S/C22H19ClF2N2O4S/c1-27(16-4-6-17(31-2)7-5-16)32(29,30)18-8-9-20(23)19(12-18)22(28)26-13-14-11-15(24)3-10-21(14)25/h3-12H,13H2,1-2H3,(H,26,28). The van der Waals surface area contributed by atoms with E-state index in [4.69, 9.17) is 16.3 Å². The molecule has 0 aliphatic heterocycles. The topological polar surface area (TPSA) is 75.7 Å². The van der Waals surface area contributed by atoms with Crippen LogP contribution in [0, 0.1) is 11.6 Å². The summed E-state index contributed by atoms with van der Waals surface area (Å²) in [7, 11) is -1.15. The number of hydrogen-bond donors (Lipinski definition) is 1. The molecule has 0 saturated carbocycles. The first kappa shape index (κ1) is 23.5. The van der Waals surface area contributed by atoms with Crippen molar-refractivity contribution in [2.24, 2.45) is 0 Å². The maximum Gasteiger partial charge on any atom is 0.264 e. The summed E-state index contributed by atoms with van der Waals surface area (Å²) < 4.78 is 59.4. The third-order valence-corrected chi connectivity index (χ3v) is 6.84. The summed E-state index contributed by atoms with van der Waals surface area (Å²) >= 11 is 6.09. The molecular weight excluding hydrogens is 462 g/mol. The van der Waals surface area contributed by atoms with Crippen LogP contribution in [0.4, 0.5) is 14.5 Å². The first-order chi connectivity index (χ1) is 15.1. The number of benzene rings is 3. The van der Waals surface area contributed by atoms with Crippen molar-refractivity contribution in [1.29, 1.82) is 0 Å². The summed E-state index contributed by atoms with van der Waals surface area (Å²) in [6.45, 7) is -0.304. The zero-order valence-electron chi connectivity index (χ0n) is 17.1. The molecule has 1 N–H and O–H groups in total. The molecule has 6 nitrogen and oxygen atoms in total. The van der Waals surface area contributed by atoms with Gasteiger partial charge < -0.3 is 10.1 Å². The van der Waals surface area contributed by atoms with Gasteiger partial charge in [0.15, 0.2) is 0 Å². The van der Waals surface area contributed by atoms with Gasteiger partial charge in [0, 0.05) is 19.2 Å². The number of anilines is 1. The fraction of sp³-hybridized carbons (Fsp3) is 0.136. The quantitative estimate of drug-likeness (QED) is 0.544. The van der Waals surface area contributed by atoms with Crippen molar-refractivity contribution in [3.05, 3.63) is 88.4 Å². The van der Waals surface area contributed by atoms with Crippen LogP contribution in [0.1, 0.15) is 15.9 Å². The smallest absolute Gasteiger partial charge is 0.264 e. The van der Waals surface area contributed by atoms with Crippen LogP contribution >= 0.6 is 11.6 Å². The van der Waals surface area contributed by atoms with E-state index in [2.05, 4.69) is 5.32 Å². The predicted octanol–water partition coefficient (Wildman–Crippen LogP) is 4.38. The molecule has 0 radical (unpaired) electrons. The average molecular weight is 481 g/mol. The number of carbonyl (C=O) groups is 1. The molecule has 0 aromatic heterocycles. The van der Waals surface area contributed by atoms with E-state index in [9.17, 15) is 22.0 Å². The number of nitrogens with one attached hydrogen (secondary N) is 1. The third kappa shape index (κ3) is 5.00. The molecule has 3 aromatic carbocycles. The maximum absolute atomic E-state index is 13.8. The lowest BCUT2D eigenvalue weighted by Gasteiger charge is -2.20. The van der Waals surface area contributed by atoms with E-state index in [-0.39, 0.29) is 27.6 Å². The lowest BCUT2D eigenvalue weighted by molar-refractivity contribution is 0.0950. The molecule has 0 bridgehead atoms. The van der Waals surface area contributed by atoms with Gasteiger partial charge in [0.05, 0.1) is 28.3 Å². The van der Waals surface area contributed by atoms with E-state index in [1.807, 2.05) is 0 Å². The molecule has 3 aromatic rings. The SMILES string of the molecule is COc1ccc(N(C)S(=O)(=O)c2ccc(Cl)c(C(=O)NCc3cc(F)ccc3F)c2)cc1. The highest BCUT2D eigenvalue weighted by molar-refractivity contribution is 7.92. The molecule has 32 heavy (non-hydrogen) atoms. The molecule has 1 amide bonds. The van der Waals surface area contributed by atoms with Crippen molar-refractivity contribution in [1.82, 2.24) is 5.32 Å². The zero-order valence-corrected chi connectivity index (χ0v) is 18.7. The minimum Gasteiger partial charge on any atom is -0.497 e. The van der Waals surface area contributed by atoms with Crippen molar-refractivity contribution in [2.45, 2.75) is 11.4 Å². The number of sulfonamides is 1. The molecule has 168 valence electrons. The molecule has 10 heteroatoms. The van der Waals surface area contributed by atoms with Crippen molar-refractivity contribution < 1.29 is 26.7 Å². The maximum atomic E-state index is 13.8. The summed E-state index contributed by atoms with van der Waals surface area (Å²) in [4.78, 5) is 12.4. The predicted molar refractivity (Wildman–Crippen MR) is 118 cm³/mol. The minimum absolute atomic E-state index is 0.00765. The second-order valence-electron chi connectivity index (χ2n) is 6.73. The largest absolute Gasteiger partial charge is 0.497 e. The molecular formula is C22H19ClF2N2O4S. The fourth-order valence-corrected chi connectivity index (χ4v) is 4.30. The second-order valence-corrected chi connectivity index (χ2v) is 9.11. The van der Waals surface area contributed by atoms with E-state index in [0.717, 1.165) is 28.6 Å². The van der Waals surface area contributed by atoms with Crippen molar-refractivity contribution >= 4 is 33.2 Å². The van der Waals surface area contributed by atoms with Crippen LogP contribution in [-0.2, 0) is 16.6 Å². The van der Waals surface area contributed by atoms with E-state index in [0.29, 0.717) is 11.4 Å². The van der Waals surface area contributed by atoms with Gasteiger partial charge in [-0.15, -0.1) is 0 Å². The Bertz CT molecular complexity index is 1250. The van der Waals surface area contributed by atoms with Gasteiger partial charge in [-0.3, -0.25) is 9.10 Å². The number of halogens is 3. The Labute approximate surface area is 189 Å². The Morgan fingerprint density at radius 1 is 1.06 bits per heavy atom. The lowest BCUT2D eigenvalue weighted by atomic mass is 10.1. The molecule has 0 aliphatic carbocycles. The Hall–Kier alpha value is -3.17. The number of carbonyl (C=O) groups excluding carboxylic acids is 1. The Morgan fingerprint density at radius 2 is 1.75 bits per heavy atom. The minimum atomic E-state index is -4.02. The second kappa shape index (κ2) is 9.54. The summed E-state index contributed by atoms with van der Waals surface area (Å²) in [5, 5.41) is 2.43. The average Bonchev–Trinajstić information content (AvgIpc) is 2.79. The first-order valence-electron chi connectivity index (χ1n) is 9.28. The van der Waals surface area contributed by atoms with Crippen LogP contribution in [0.2, 0.25) is 5.02 Å². The third-order valence-electron chi connectivity index (χ3n) is 4.72. The van der Waals surface area contributed by atoms with Crippen LogP contribution in [0.15, 0.2) is 65.6 Å². The van der Waals surface area contributed by atoms with Gasteiger partial charge in [0.2, 0.25) is 0 Å². The van der Waals surface area contributed by atoms with E-state index in [1.165, 1.54) is 26.3 Å². The Kier molecular flexibility index (Phi) is 7.00. The molecule has 0 heterocycles. The summed E-state index contributed by atoms with van der Waals surface area (Å²) in [6.07, 6.45) is 0. The summed E-state index contributed by atoms with van der Waals surface area (Å²) in [5.74, 6) is -1.50. The van der Waals surface area contributed by atoms with Gasteiger partial charge in [-0.05, 0) is 60.7 Å². The fourth-order valence-electron chi connectivity index (χ4n) is 2.88. The lowest BCUT2D eigenvalue weighted by Crippen LogP contribution is -2.28. The molecule has 0 spiro atoms. The summed E-state index contributed by atoms with van der Waals surface area (Å²) in [5.41, 5.74) is 0.207. The van der Waals surface area contributed by atoms with E-state index in [1.54, 1.807) is 24.3 Å². The molecule has 3 rings (SSSR count). The number of ether oxygens (including phenoxy) is 1. The normalized spacial score (nSPS) is 11.2. The molecule has 0 aliphatic rings. The number of nitrogens with zero attached hydrogens (tertiary/aromatic N) is 1. The molecule has 0 saturated heterocycles. The first-order valence-corrected chi connectivity index (χ1v) is 11.1. The molecule has 0 unspecified atom stereocenters. The van der Waals surface area contributed by atoms with Crippen LogP contribution in [0.3, 0.4) is 0 Å². The van der Waals surface area contributed by atoms with E-state index >= 15 is 0 Å². The van der Waals surface area contributed by atoms with Gasteiger partial charge in [-0.25, -0.2) is 17.2 Å². The highest BCUT2D eigenvalue weighted by atomic mass is 35.5. The van der Waals surface area contributed by atoms with Crippen molar-refractivity contribution in [3.8, 4) is 5.75 Å². The Morgan fingerprint density at radius 3 is 2.41 bits per heavy atom. The Balaban J connectivity index is 1.84. The van der Waals surface area contributed by atoms with Crippen LogP contribution in [0.5, 0.6) is 5.75 Å². The number of hydrogen-bond acceptors (Lipinski definition) is 4. The van der Waals surface area contributed by atoms with Gasteiger partial charge in [0.25, 0.3) is 15.9 Å². The van der Waals surface area contributed by atoms with E-state index < -0.39 is 27.6 Å². The highest BCUT2D eigenvalue weighted by Gasteiger charge is 2.24. The molecule has 0 fully saturated rings. The van der Waals surface area contributed by atoms with Crippen LogP contribution in [0.25, 0.3) is 0 Å². The van der Waals surface area contributed by atoms with Crippen molar-refractivity contribution in [3.63, 3.8) is 0 Å². The van der Waals surface area contributed by atoms with Crippen molar-refractivity contribution in [2.75, 3.05) is 18.5 Å². The van der Waals surface area contributed by atoms with Crippen LogP contribution in [-0.4, -0.2) is 28.5 Å². The highest BCUT2D eigenvalue weighted by Crippen LogP contribution is 2.27. The van der Waals surface area contributed by atoms with Gasteiger partial charge >= 0.3 is 0 Å². The van der Waals surface area contributed by atoms with Gasteiger partial charge in [-0.2, -0.15) is 0 Å². The van der Waals surface area contributed by atoms with Crippen LogP contribution < -0.4 is 14.4 Å². The number of amides is 1. The van der Waals surface area contributed by atoms with Gasteiger partial charge in [-0.1, -0.05) is 11.6 Å². The number of methoxy groups -OCH3 is 1. The monoisotopic (exact) mass is 480 g/mol. The zero-order chi connectivity index (χ0) is 23.5. The number of rotatable bonds is 7. The van der Waals surface area contributed by atoms with Gasteiger partial charge in [0.1, 0.15) is 17.4 Å². The molecule has 0 atom stereocenters. The summed E-state index contributed by atoms with van der Waals surface area (Å²) in [6, 6.07) is 13.0.